The average molecular weight is 360 g/mol. The van der Waals surface area contributed by atoms with Gasteiger partial charge < -0.3 is 10.6 Å². The lowest BCUT2D eigenvalue weighted by Gasteiger charge is -2.10. The molecule has 0 saturated carbocycles. The van der Waals surface area contributed by atoms with Crippen LogP contribution in [0.2, 0.25) is 0 Å². The molecule has 7 nitrogen and oxygen atoms in total. The summed E-state index contributed by atoms with van der Waals surface area (Å²) in [5.41, 5.74) is 4.90. The normalized spacial score (nSPS) is 13.2. The SMILES string of the molecule is O=C(NCc1ccc(-c2nncnn2)cc1)c1ccc2c(c1)CCCCN2. The number of nitrogens with one attached hydrogen (secondary N) is 2. The van der Waals surface area contributed by atoms with E-state index in [9.17, 15) is 4.79 Å². The van der Waals surface area contributed by atoms with Gasteiger partial charge in [-0.05, 0) is 48.6 Å². The van der Waals surface area contributed by atoms with Gasteiger partial charge in [0.2, 0.25) is 5.82 Å². The number of hydrogen-bond donors (Lipinski definition) is 2. The van der Waals surface area contributed by atoms with Crippen molar-refractivity contribution in [2.24, 2.45) is 0 Å². The van der Waals surface area contributed by atoms with Crippen LogP contribution in [0.5, 0.6) is 0 Å². The number of fused-ring (bicyclic) bond motifs is 1. The summed E-state index contributed by atoms with van der Waals surface area (Å²) in [5.74, 6) is 0.414. The zero-order chi connectivity index (χ0) is 18.5. The second-order valence-electron chi connectivity index (χ2n) is 6.51. The van der Waals surface area contributed by atoms with E-state index in [4.69, 9.17) is 0 Å². The Morgan fingerprint density at radius 3 is 2.67 bits per heavy atom. The predicted octanol–water partition coefficient (Wildman–Crippen LogP) is 2.61. The molecule has 7 heteroatoms. The number of hydrogen-bond acceptors (Lipinski definition) is 6. The number of aromatic nitrogens is 4. The lowest BCUT2D eigenvalue weighted by Crippen LogP contribution is -2.23. The summed E-state index contributed by atoms with van der Waals surface area (Å²) in [4.78, 5) is 12.5. The van der Waals surface area contributed by atoms with Gasteiger partial charge in [0.05, 0.1) is 0 Å². The maximum absolute atomic E-state index is 12.5. The zero-order valence-electron chi connectivity index (χ0n) is 14.9. The van der Waals surface area contributed by atoms with Crippen LogP contribution in [0.15, 0.2) is 48.8 Å². The van der Waals surface area contributed by atoms with Crippen molar-refractivity contribution in [1.82, 2.24) is 25.7 Å². The van der Waals surface area contributed by atoms with E-state index in [2.05, 4.69) is 31.0 Å². The lowest BCUT2D eigenvalue weighted by atomic mass is 10.0. The largest absolute Gasteiger partial charge is 0.385 e. The number of aryl methyl sites for hydroxylation is 1. The first-order chi connectivity index (χ1) is 13.3. The molecule has 0 radical (unpaired) electrons. The highest BCUT2D eigenvalue weighted by Gasteiger charge is 2.12. The van der Waals surface area contributed by atoms with E-state index >= 15 is 0 Å². The molecule has 0 unspecified atom stereocenters. The number of anilines is 1. The fourth-order valence-corrected chi connectivity index (χ4v) is 3.15. The van der Waals surface area contributed by atoms with Gasteiger partial charge in [0.1, 0.15) is 0 Å². The summed E-state index contributed by atoms with van der Waals surface area (Å²) >= 11 is 0. The fraction of sp³-hybridized carbons (Fsp3) is 0.250. The van der Waals surface area contributed by atoms with Crippen LogP contribution in [0.3, 0.4) is 0 Å². The minimum atomic E-state index is -0.0640. The summed E-state index contributed by atoms with van der Waals surface area (Å²) in [6, 6.07) is 13.6. The average Bonchev–Trinajstić information content (AvgIpc) is 2.98. The molecule has 0 saturated heterocycles. The molecule has 0 aliphatic carbocycles. The Morgan fingerprint density at radius 2 is 1.85 bits per heavy atom. The third-order valence-corrected chi connectivity index (χ3v) is 4.63. The van der Waals surface area contributed by atoms with Crippen molar-refractivity contribution in [3.63, 3.8) is 0 Å². The van der Waals surface area contributed by atoms with Crippen molar-refractivity contribution < 1.29 is 4.79 Å². The molecule has 136 valence electrons. The lowest BCUT2D eigenvalue weighted by molar-refractivity contribution is 0.0951. The molecule has 2 heterocycles. The van der Waals surface area contributed by atoms with Gasteiger partial charge in [-0.25, -0.2) is 0 Å². The second-order valence-corrected chi connectivity index (χ2v) is 6.51. The summed E-state index contributed by atoms with van der Waals surface area (Å²) in [6.45, 7) is 1.45. The van der Waals surface area contributed by atoms with E-state index in [1.54, 1.807) is 0 Å². The third kappa shape index (κ3) is 4.08. The molecule has 1 aromatic heterocycles. The number of carbonyl (C=O) groups excluding carboxylic acids is 1. The van der Waals surface area contributed by atoms with Crippen molar-refractivity contribution in [1.29, 1.82) is 0 Å². The molecule has 1 aliphatic heterocycles. The van der Waals surface area contributed by atoms with Gasteiger partial charge in [-0.15, -0.1) is 20.4 Å². The molecule has 2 aromatic carbocycles. The van der Waals surface area contributed by atoms with Crippen LogP contribution in [0.1, 0.15) is 34.3 Å². The monoisotopic (exact) mass is 360 g/mol. The predicted molar refractivity (Wildman–Crippen MR) is 102 cm³/mol. The van der Waals surface area contributed by atoms with Crippen molar-refractivity contribution in [2.75, 3.05) is 11.9 Å². The highest BCUT2D eigenvalue weighted by molar-refractivity contribution is 5.94. The van der Waals surface area contributed by atoms with Gasteiger partial charge in [0, 0.05) is 29.9 Å². The molecule has 1 aliphatic rings. The van der Waals surface area contributed by atoms with Crippen LogP contribution < -0.4 is 10.6 Å². The summed E-state index contributed by atoms with van der Waals surface area (Å²) in [7, 11) is 0. The molecule has 0 bridgehead atoms. The summed E-state index contributed by atoms with van der Waals surface area (Å²) < 4.78 is 0. The Kier molecular flexibility index (Phi) is 5.00. The van der Waals surface area contributed by atoms with E-state index in [1.807, 2.05) is 42.5 Å². The third-order valence-electron chi connectivity index (χ3n) is 4.63. The van der Waals surface area contributed by atoms with E-state index in [1.165, 1.54) is 11.9 Å². The van der Waals surface area contributed by atoms with Crippen molar-refractivity contribution >= 4 is 11.6 Å². The second kappa shape index (κ2) is 7.90. The van der Waals surface area contributed by atoms with Gasteiger partial charge in [-0.1, -0.05) is 24.3 Å². The number of benzene rings is 2. The van der Waals surface area contributed by atoms with E-state index in [0.717, 1.165) is 42.6 Å². The number of rotatable bonds is 4. The van der Waals surface area contributed by atoms with E-state index in [0.29, 0.717) is 17.9 Å². The number of amides is 1. The molecule has 4 rings (SSSR count). The highest BCUT2D eigenvalue weighted by Crippen LogP contribution is 2.22. The molecule has 27 heavy (non-hydrogen) atoms. The minimum absolute atomic E-state index is 0.0640. The van der Waals surface area contributed by atoms with Crippen LogP contribution in [0.25, 0.3) is 11.4 Å². The van der Waals surface area contributed by atoms with Crippen LogP contribution in [0.4, 0.5) is 5.69 Å². The molecule has 0 spiro atoms. The fourth-order valence-electron chi connectivity index (χ4n) is 3.15. The quantitative estimate of drug-likeness (QED) is 0.743. The standard InChI is InChI=1S/C20H20N6O/c27-20(17-8-9-18-16(11-17)3-1-2-10-21-18)22-12-14-4-6-15(7-5-14)19-25-23-13-24-26-19/h4-9,11,13,21H,1-3,10,12H2,(H,22,27). The Hall–Kier alpha value is -3.35. The topological polar surface area (TPSA) is 92.7 Å². The van der Waals surface area contributed by atoms with Gasteiger partial charge >= 0.3 is 0 Å². The van der Waals surface area contributed by atoms with Crippen molar-refractivity contribution in [3.8, 4) is 11.4 Å². The Labute approximate surface area is 157 Å². The van der Waals surface area contributed by atoms with Crippen molar-refractivity contribution in [3.05, 3.63) is 65.5 Å². The van der Waals surface area contributed by atoms with Crippen LogP contribution in [-0.4, -0.2) is 32.8 Å². The molecule has 2 N–H and O–H groups in total. The van der Waals surface area contributed by atoms with E-state index in [-0.39, 0.29) is 5.91 Å². The molecule has 0 fully saturated rings. The maximum atomic E-state index is 12.5. The van der Waals surface area contributed by atoms with Crippen molar-refractivity contribution in [2.45, 2.75) is 25.8 Å². The van der Waals surface area contributed by atoms with Gasteiger partial charge in [-0.3, -0.25) is 4.79 Å². The molecular formula is C20H20N6O. The first-order valence-corrected chi connectivity index (χ1v) is 9.04. The van der Waals surface area contributed by atoms with Crippen LogP contribution in [-0.2, 0) is 13.0 Å². The highest BCUT2D eigenvalue weighted by atomic mass is 16.1. The number of nitrogens with zero attached hydrogens (tertiary/aromatic N) is 4. The first kappa shape index (κ1) is 17.1. The van der Waals surface area contributed by atoms with Gasteiger partial charge in [0.15, 0.2) is 6.33 Å². The smallest absolute Gasteiger partial charge is 0.251 e. The zero-order valence-corrected chi connectivity index (χ0v) is 14.9. The number of carbonyl (C=O) groups is 1. The van der Waals surface area contributed by atoms with Gasteiger partial charge in [-0.2, -0.15) is 0 Å². The minimum Gasteiger partial charge on any atom is -0.385 e. The van der Waals surface area contributed by atoms with Crippen LogP contribution in [0, 0.1) is 0 Å². The Balaban J connectivity index is 1.40. The molecule has 0 atom stereocenters. The Bertz CT molecular complexity index is 927. The Morgan fingerprint density at radius 1 is 1.04 bits per heavy atom. The maximum Gasteiger partial charge on any atom is 0.251 e. The molecule has 3 aromatic rings. The van der Waals surface area contributed by atoms with E-state index < -0.39 is 0 Å². The molecular weight excluding hydrogens is 340 g/mol. The molecule has 1 amide bonds. The summed E-state index contributed by atoms with van der Waals surface area (Å²) in [6.07, 6.45) is 4.61. The first-order valence-electron chi connectivity index (χ1n) is 9.04. The van der Waals surface area contributed by atoms with Crippen LogP contribution >= 0.6 is 0 Å². The van der Waals surface area contributed by atoms with Gasteiger partial charge in [0.25, 0.3) is 5.91 Å². The summed E-state index contributed by atoms with van der Waals surface area (Å²) in [5, 5.41) is 21.7.